The zero-order valence-electron chi connectivity index (χ0n) is 21.3. The second-order valence-corrected chi connectivity index (χ2v) is 9.26. The van der Waals surface area contributed by atoms with Gasteiger partial charge in [0.25, 0.3) is 5.91 Å². The van der Waals surface area contributed by atoms with Crippen LogP contribution < -0.4 is 15.4 Å². The summed E-state index contributed by atoms with van der Waals surface area (Å²) in [6.45, 7) is 5.76. The van der Waals surface area contributed by atoms with Crippen molar-refractivity contribution in [2.24, 2.45) is 7.05 Å². The molecule has 37 heavy (non-hydrogen) atoms. The minimum absolute atomic E-state index is 0.107. The van der Waals surface area contributed by atoms with Crippen LogP contribution in [0.3, 0.4) is 0 Å². The third-order valence-electron chi connectivity index (χ3n) is 6.18. The number of nitrogens with one attached hydrogen (secondary N) is 2. The van der Waals surface area contributed by atoms with E-state index in [0.29, 0.717) is 28.8 Å². The quantitative estimate of drug-likeness (QED) is 0.511. The van der Waals surface area contributed by atoms with Crippen LogP contribution in [0.25, 0.3) is 11.1 Å². The van der Waals surface area contributed by atoms with E-state index in [9.17, 15) is 18.8 Å². The lowest BCUT2D eigenvalue weighted by atomic mass is 9.97. The molecular formula is C26H29FN6O4. The number of carbonyl (C=O) groups is 3. The predicted molar refractivity (Wildman–Crippen MR) is 134 cm³/mol. The number of hydrogen-bond acceptors (Lipinski definition) is 6. The molecule has 1 aliphatic heterocycles. The van der Waals surface area contributed by atoms with Crippen molar-refractivity contribution < 1.29 is 23.5 Å². The van der Waals surface area contributed by atoms with Gasteiger partial charge in [-0.05, 0) is 37.1 Å². The fourth-order valence-electron chi connectivity index (χ4n) is 4.58. The maximum Gasteiger partial charge on any atom is 0.254 e. The molecule has 0 spiro atoms. The molecule has 2 N–H and O–H groups in total. The molecule has 0 aliphatic carbocycles. The van der Waals surface area contributed by atoms with Crippen molar-refractivity contribution in [1.29, 1.82) is 0 Å². The number of hydrogen-bond donors (Lipinski definition) is 2. The molecule has 3 heterocycles. The predicted octanol–water partition coefficient (Wildman–Crippen LogP) is 3.15. The number of aryl methyl sites for hydroxylation is 1. The number of anilines is 1. The van der Waals surface area contributed by atoms with Gasteiger partial charge >= 0.3 is 0 Å². The van der Waals surface area contributed by atoms with Crippen LogP contribution in [0, 0.1) is 5.82 Å². The Labute approximate surface area is 213 Å². The lowest BCUT2D eigenvalue weighted by Crippen LogP contribution is -2.29. The van der Waals surface area contributed by atoms with Gasteiger partial charge in [-0.2, -0.15) is 5.10 Å². The lowest BCUT2D eigenvalue weighted by Gasteiger charge is -2.24. The Morgan fingerprint density at radius 2 is 2.05 bits per heavy atom. The van der Waals surface area contributed by atoms with E-state index < -0.39 is 17.8 Å². The normalized spacial score (nSPS) is 15.2. The Morgan fingerprint density at radius 1 is 1.30 bits per heavy atom. The molecule has 4 rings (SSSR count). The summed E-state index contributed by atoms with van der Waals surface area (Å²) < 4.78 is 22.3. The van der Waals surface area contributed by atoms with Crippen LogP contribution >= 0.6 is 0 Å². The summed E-state index contributed by atoms with van der Waals surface area (Å²) >= 11 is 0. The molecular weight excluding hydrogens is 479 g/mol. The van der Waals surface area contributed by atoms with Gasteiger partial charge in [-0.15, -0.1) is 0 Å². The molecule has 3 aromatic rings. The standard InChI is InChI=1S/C26H29FN6O4/c1-14(2)24-23-16-8-21(25(29-10-16)30-22(35)11-28-13-34)37-15(3)19-9-17(27)6-7-18(19)26(36)32(4)12-20(23)31-33(24)5/h6-10,13-15H,11-12H2,1-5H3,(H,28,34)(H,29,30,35)/t15-/m1/s1. The second kappa shape index (κ2) is 10.4. The molecule has 0 saturated carbocycles. The molecule has 3 amide bonds. The van der Waals surface area contributed by atoms with Crippen molar-refractivity contribution in [3.05, 3.63) is 58.8 Å². The van der Waals surface area contributed by atoms with Crippen LogP contribution in [-0.4, -0.2) is 51.5 Å². The highest BCUT2D eigenvalue weighted by Gasteiger charge is 2.28. The second-order valence-electron chi connectivity index (χ2n) is 9.26. The van der Waals surface area contributed by atoms with E-state index in [4.69, 9.17) is 9.84 Å². The monoisotopic (exact) mass is 508 g/mol. The van der Waals surface area contributed by atoms with Crippen LogP contribution in [-0.2, 0) is 23.2 Å². The summed E-state index contributed by atoms with van der Waals surface area (Å²) in [6.07, 6.45) is 1.26. The highest BCUT2D eigenvalue weighted by atomic mass is 19.1. The maximum atomic E-state index is 14.3. The topological polar surface area (TPSA) is 118 Å². The number of nitrogens with zero attached hydrogens (tertiary/aromatic N) is 4. The molecule has 1 atom stereocenters. The number of pyridine rings is 1. The smallest absolute Gasteiger partial charge is 0.254 e. The third-order valence-corrected chi connectivity index (χ3v) is 6.18. The molecule has 2 bridgehead atoms. The van der Waals surface area contributed by atoms with Crippen molar-refractivity contribution >= 4 is 24.0 Å². The molecule has 11 heteroatoms. The van der Waals surface area contributed by atoms with Crippen molar-refractivity contribution in [1.82, 2.24) is 25.0 Å². The Hall–Kier alpha value is -4.28. The summed E-state index contributed by atoms with van der Waals surface area (Å²) in [6, 6.07) is 5.70. The first-order valence-corrected chi connectivity index (χ1v) is 11.8. The SMILES string of the molecule is CC(C)c1c2c(nn1C)CN(C)C(=O)c1ccc(F)cc1[C@@H](C)Oc1cc-2cnc1NC(=O)CNC=O. The molecule has 1 aromatic carbocycles. The summed E-state index contributed by atoms with van der Waals surface area (Å²) in [5, 5.41) is 9.66. The van der Waals surface area contributed by atoms with E-state index in [-0.39, 0.29) is 36.5 Å². The summed E-state index contributed by atoms with van der Waals surface area (Å²) in [5.74, 6) is -0.849. The van der Waals surface area contributed by atoms with Crippen molar-refractivity contribution in [2.75, 3.05) is 18.9 Å². The first-order chi connectivity index (χ1) is 17.6. The minimum atomic E-state index is -0.763. The number of ether oxygens (including phenoxy) is 1. The van der Waals surface area contributed by atoms with E-state index in [1.54, 1.807) is 35.8 Å². The average Bonchev–Trinajstić information content (AvgIpc) is 3.18. The van der Waals surface area contributed by atoms with Crippen LogP contribution in [0.15, 0.2) is 30.5 Å². The van der Waals surface area contributed by atoms with Gasteiger partial charge in [-0.1, -0.05) is 13.8 Å². The third kappa shape index (κ3) is 5.16. The fourth-order valence-corrected chi connectivity index (χ4v) is 4.58. The van der Waals surface area contributed by atoms with Gasteiger partial charge in [-0.3, -0.25) is 19.1 Å². The molecule has 0 saturated heterocycles. The van der Waals surface area contributed by atoms with Crippen LogP contribution in [0.1, 0.15) is 60.1 Å². The highest BCUT2D eigenvalue weighted by Crippen LogP contribution is 2.38. The van der Waals surface area contributed by atoms with Gasteiger partial charge < -0.3 is 20.3 Å². The maximum absolute atomic E-state index is 14.3. The van der Waals surface area contributed by atoms with Crippen LogP contribution in [0.5, 0.6) is 5.75 Å². The first kappa shape index (κ1) is 25.8. The zero-order valence-corrected chi connectivity index (χ0v) is 21.3. The highest BCUT2D eigenvalue weighted by molar-refractivity contribution is 5.96. The fraction of sp³-hybridized carbons (Fsp3) is 0.346. The van der Waals surface area contributed by atoms with Crippen molar-refractivity contribution in [3.8, 4) is 16.9 Å². The first-order valence-electron chi connectivity index (χ1n) is 11.8. The molecule has 10 nitrogen and oxygen atoms in total. The Kier molecular flexibility index (Phi) is 7.23. The lowest BCUT2D eigenvalue weighted by molar-refractivity contribution is -0.118. The van der Waals surface area contributed by atoms with Crippen molar-refractivity contribution in [3.63, 3.8) is 0 Å². The summed E-state index contributed by atoms with van der Waals surface area (Å²) in [7, 11) is 3.53. The number of rotatable bonds is 5. The number of aromatic nitrogens is 3. The van der Waals surface area contributed by atoms with Gasteiger partial charge in [0.2, 0.25) is 12.3 Å². The van der Waals surface area contributed by atoms with Crippen LogP contribution in [0.4, 0.5) is 10.2 Å². The van der Waals surface area contributed by atoms with E-state index in [1.165, 1.54) is 18.2 Å². The molecule has 194 valence electrons. The minimum Gasteiger partial charge on any atom is -0.482 e. The molecule has 0 radical (unpaired) electrons. The molecule has 2 aromatic heterocycles. The number of amides is 3. The zero-order chi connectivity index (χ0) is 26.9. The van der Waals surface area contributed by atoms with E-state index >= 15 is 0 Å². The van der Waals surface area contributed by atoms with Gasteiger partial charge in [0.05, 0.1) is 18.8 Å². The number of halogens is 1. The van der Waals surface area contributed by atoms with Gasteiger partial charge in [-0.25, -0.2) is 9.37 Å². The number of benzene rings is 1. The molecule has 0 unspecified atom stereocenters. The average molecular weight is 509 g/mol. The van der Waals surface area contributed by atoms with Gasteiger partial charge in [0, 0.05) is 48.2 Å². The summed E-state index contributed by atoms with van der Waals surface area (Å²) in [5.41, 5.74) is 3.78. The number of fused-ring (bicyclic) bond motifs is 5. The Bertz CT molecular complexity index is 1370. The van der Waals surface area contributed by atoms with Gasteiger partial charge in [0.1, 0.15) is 11.9 Å². The Balaban J connectivity index is 1.93. The largest absolute Gasteiger partial charge is 0.482 e. The number of carbonyl (C=O) groups excluding carboxylic acids is 3. The van der Waals surface area contributed by atoms with Crippen molar-refractivity contribution in [2.45, 2.75) is 39.3 Å². The molecule has 1 aliphatic rings. The molecule has 0 fully saturated rings. The summed E-state index contributed by atoms with van der Waals surface area (Å²) in [4.78, 5) is 42.4. The van der Waals surface area contributed by atoms with Gasteiger partial charge in [0.15, 0.2) is 11.6 Å². The van der Waals surface area contributed by atoms with E-state index in [1.807, 2.05) is 7.05 Å². The van der Waals surface area contributed by atoms with E-state index in [2.05, 4.69) is 29.5 Å². The Morgan fingerprint density at radius 3 is 2.76 bits per heavy atom. The van der Waals surface area contributed by atoms with E-state index in [0.717, 1.165) is 11.3 Å². The van der Waals surface area contributed by atoms with Crippen LogP contribution in [0.2, 0.25) is 0 Å².